The maximum Gasteiger partial charge on any atom is 0.140 e. The molecule has 1 aromatic carbocycles. The normalized spacial score (nSPS) is 12.9. The first kappa shape index (κ1) is 11.7. The molecule has 78 valence electrons. The summed E-state index contributed by atoms with van der Waals surface area (Å²) in [6.07, 6.45) is 2.49. The maximum absolute atomic E-state index is 13.5. The molecule has 0 fully saturated rings. The van der Waals surface area contributed by atoms with Crippen LogP contribution in [0.5, 0.6) is 0 Å². The number of aryl methyl sites for hydroxylation is 1. The molecular weight excluding hydrogens is 245 g/mol. The molecule has 1 unspecified atom stereocenters. The second kappa shape index (κ2) is 5.47. The Bertz CT molecular complexity index is 301. The fourth-order valence-corrected chi connectivity index (χ4v) is 1.69. The molecule has 1 nitrogen and oxygen atoms in total. The fraction of sp³-hybridized carbons (Fsp3) is 0.455. The molecule has 1 atom stereocenters. The number of halogens is 2. The zero-order valence-electron chi connectivity index (χ0n) is 8.26. The van der Waals surface area contributed by atoms with Crippen molar-refractivity contribution >= 4 is 15.9 Å². The Kier molecular flexibility index (Phi) is 4.55. The quantitative estimate of drug-likeness (QED) is 0.883. The highest BCUT2D eigenvalue weighted by molar-refractivity contribution is 9.10. The summed E-state index contributed by atoms with van der Waals surface area (Å²) in [6, 6.07) is 5.54. The Morgan fingerprint density at radius 3 is 2.86 bits per heavy atom. The number of hydrogen-bond donors (Lipinski definition) is 1. The van der Waals surface area contributed by atoms with Gasteiger partial charge in [0.05, 0.1) is 4.47 Å². The highest BCUT2D eigenvalue weighted by Gasteiger charge is 2.07. The Hall–Kier alpha value is -0.410. The van der Waals surface area contributed by atoms with Crippen molar-refractivity contribution in [3.63, 3.8) is 0 Å². The summed E-state index contributed by atoms with van der Waals surface area (Å²) in [5.74, 6) is -0.157. The lowest BCUT2D eigenvalue weighted by Crippen LogP contribution is -2.19. The number of hydrogen-bond acceptors (Lipinski definition) is 1. The first-order valence-corrected chi connectivity index (χ1v) is 5.63. The molecule has 0 radical (unpaired) electrons. The van der Waals surface area contributed by atoms with E-state index in [0.717, 1.165) is 18.4 Å². The minimum Gasteiger partial charge on any atom is -0.328 e. The first-order valence-electron chi connectivity index (χ1n) is 4.83. The molecule has 0 heterocycles. The van der Waals surface area contributed by atoms with Gasteiger partial charge in [-0.05, 0) is 46.8 Å². The predicted molar refractivity (Wildman–Crippen MR) is 60.7 cm³/mol. The summed E-state index contributed by atoms with van der Waals surface area (Å²) in [5.41, 5.74) is 6.51. The van der Waals surface area contributed by atoms with Crippen molar-refractivity contribution in [1.82, 2.24) is 0 Å². The SMILES string of the molecule is CCC(N)CCc1cccc(Br)c1F. The van der Waals surface area contributed by atoms with Gasteiger partial charge in [-0.15, -0.1) is 0 Å². The van der Waals surface area contributed by atoms with Crippen LogP contribution >= 0.6 is 15.9 Å². The lowest BCUT2D eigenvalue weighted by atomic mass is 10.0. The summed E-state index contributed by atoms with van der Waals surface area (Å²) in [7, 11) is 0. The Morgan fingerprint density at radius 1 is 1.50 bits per heavy atom. The molecule has 0 aliphatic heterocycles. The van der Waals surface area contributed by atoms with Crippen LogP contribution in [0.25, 0.3) is 0 Å². The Balaban J connectivity index is 2.63. The fourth-order valence-electron chi connectivity index (χ4n) is 1.29. The molecule has 0 amide bonds. The third-order valence-electron chi connectivity index (χ3n) is 2.34. The molecular formula is C11H15BrFN. The van der Waals surface area contributed by atoms with E-state index in [2.05, 4.69) is 15.9 Å². The van der Waals surface area contributed by atoms with E-state index in [1.54, 1.807) is 6.07 Å². The van der Waals surface area contributed by atoms with Gasteiger partial charge in [0.1, 0.15) is 5.82 Å². The smallest absolute Gasteiger partial charge is 0.140 e. The van der Waals surface area contributed by atoms with E-state index in [4.69, 9.17) is 5.73 Å². The van der Waals surface area contributed by atoms with Gasteiger partial charge in [0.25, 0.3) is 0 Å². The topological polar surface area (TPSA) is 26.0 Å². The van der Waals surface area contributed by atoms with E-state index in [0.29, 0.717) is 10.9 Å². The third kappa shape index (κ3) is 3.07. The highest BCUT2D eigenvalue weighted by atomic mass is 79.9. The molecule has 0 spiro atoms. The van der Waals surface area contributed by atoms with Gasteiger partial charge in [-0.1, -0.05) is 19.1 Å². The van der Waals surface area contributed by atoms with Gasteiger partial charge in [-0.25, -0.2) is 4.39 Å². The minimum atomic E-state index is -0.157. The first-order chi connectivity index (χ1) is 6.65. The van der Waals surface area contributed by atoms with E-state index in [9.17, 15) is 4.39 Å². The molecule has 0 bridgehead atoms. The Labute approximate surface area is 92.6 Å². The third-order valence-corrected chi connectivity index (χ3v) is 2.95. The summed E-state index contributed by atoms with van der Waals surface area (Å²) >= 11 is 3.16. The second-order valence-corrected chi connectivity index (χ2v) is 4.27. The van der Waals surface area contributed by atoms with Crippen molar-refractivity contribution in [3.05, 3.63) is 34.1 Å². The van der Waals surface area contributed by atoms with Gasteiger partial charge in [0.15, 0.2) is 0 Å². The molecule has 0 saturated carbocycles. The Morgan fingerprint density at radius 2 is 2.21 bits per heavy atom. The van der Waals surface area contributed by atoms with Crippen LogP contribution in [0.3, 0.4) is 0 Å². The van der Waals surface area contributed by atoms with E-state index in [1.165, 1.54) is 0 Å². The van der Waals surface area contributed by atoms with Gasteiger partial charge in [0.2, 0.25) is 0 Å². The maximum atomic E-state index is 13.5. The van der Waals surface area contributed by atoms with Crippen molar-refractivity contribution in [2.24, 2.45) is 5.73 Å². The van der Waals surface area contributed by atoms with Crippen LogP contribution in [0.1, 0.15) is 25.3 Å². The summed E-state index contributed by atoms with van der Waals surface area (Å²) in [6.45, 7) is 2.04. The number of rotatable bonds is 4. The molecule has 1 aromatic rings. The van der Waals surface area contributed by atoms with Crippen LogP contribution in [0.15, 0.2) is 22.7 Å². The monoisotopic (exact) mass is 259 g/mol. The van der Waals surface area contributed by atoms with Gasteiger partial charge in [-0.2, -0.15) is 0 Å². The average Bonchev–Trinajstić information content (AvgIpc) is 2.20. The number of benzene rings is 1. The molecule has 0 aliphatic carbocycles. The zero-order chi connectivity index (χ0) is 10.6. The zero-order valence-corrected chi connectivity index (χ0v) is 9.85. The highest BCUT2D eigenvalue weighted by Crippen LogP contribution is 2.19. The second-order valence-electron chi connectivity index (χ2n) is 3.42. The molecule has 0 aromatic heterocycles. The molecule has 0 saturated heterocycles. The van der Waals surface area contributed by atoms with Crippen LogP contribution in [0, 0.1) is 5.82 Å². The van der Waals surface area contributed by atoms with Gasteiger partial charge in [-0.3, -0.25) is 0 Å². The molecule has 0 aliphatic rings. The van der Waals surface area contributed by atoms with Gasteiger partial charge >= 0.3 is 0 Å². The minimum absolute atomic E-state index is 0.157. The summed E-state index contributed by atoms with van der Waals surface area (Å²) < 4.78 is 14.0. The molecule has 14 heavy (non-hydrogen) atoms. The van der Waals surface area contributed by atoms with Gasteiger partial charge in [0, 0.05) is 6.04 Å². The van der Waals surface area contributed by atoms with Crippen LogP contribution < -0.4 is 5.73 Å². The number of nitrogens with two attached hydrogens (primary N) is 1. The van der Waals surface area contributed by atoms with Gasteiger partial charge < -0.3 is 5.73 Å². The van der Waals surface area contributed by atoms with Crippen molar-refractivity contribution in [3.8, 4) is 0 Å². The largest absolute Gasteiger partial charge is 0.328 e. The molecule has 2 N–H and O–H groups in total. The predicted octanol–water partition coefficient (Wildman–Crippen LogP) is 3.26. The van der Waals surface area contributed by atoms with E-state index in [-0.39, 0.29) is 11.9 Å². The molecule has 3 heteroatoms. The van der Waals surface area contributed by atoms with Crippen molar-refractivity contribution in [2.45, 2.75) is 32.2 Å². The van der Waals surface area contributed by atoms with E-state index < -0.39 is 0 Å². The lowest BCUT2D eigenvalue weighted by molar-refractivity contribution is 0.563. The molecule has 1 rings (SSSR count). The van der Waals surface area contributed by atoms with Crippen LogP contribution in [0.4, 0.5) is 4.39 Å². The van der Waals surface area contributed by atoms with E-state index in [1.807, 2.05) is 19.1 Å². The average molecular weight is 260 g/mol. The van der Waals surface area contributed by atoms with E-state index >= 15 is 0 Å². The lowest BCUT2D eigenvalue weighted by Gasteiger charge is -2.09. The summed E-state index contributed by atoms with van der Waals surface area (Å²) in [5, 5.41) is 0. The van der Waals surface area contributed by atoms with Crippen molar-refractivity contribution in [2.75, 3.05) is 0 Å². The van der Waals surface area contributed by atoms with Crippen LogP contribution in [-0.2, 0) is 6.42 Å². The standard InChI is InChI=1S/C11H15BrFN/c1-2-9(14)7-6-8-4-3-5-10(12)11(8)13/h3-5,9H,2,6-7,14H2,1H3. The van der Waals surface area contributed by atoms with Crippen molar-refractivity contribution < 1.29 is 4.39 Å². The van der Waals surface area contributed by atoms with Crippen molar-refractivity contribution in [1.29, 1.82) is 0 Å². The summed E-state index contributed by atoms with van der Waals surface area (Å²) in [4.78, 5) is 0. The van der Waals surface area contributed by atoms with Crippen LogP contribution in [-0.4, -0.2) is 6.04 Å². The van der Waals surface area contributed by atoms with Crippen LogP contribution in [0.2, 0.25) is 0 Å².